The minimum absolute atomic E-state index is 0.0798. The summed E-state index contributed by atoms with van der Waals surface area (Å²) in [6.07, 6.45) is 3.98. The molecule has 138 valence electrons. The molecule has 1 N–H and O–H groups in total. The molecule has 8 heteroatoms. The van der Waals surface area contributed by atoms with Gasteiger partial charge in [0.05, 0.1) is 18.6 Å². The normalized spacial score (nSPS) is 13.4. The number of carbonyl (C=O) groups excluding carboxylic acids is 1. The number of anilines is 1. The number of nitrogens with one attached hydrogen (secondary N) is 1. The number of aromatic amines is 1. The van der Waals surface area contributed by atoms with Crippen LogP contribution >= 0.6 is 0 Å². The second kappa shape index (κ2) is 6.79. The third-order valence-electron chi connectivity index (χ3n) is 4.68. The van der Waals surface area contributed by atoms with Crippen molar-refractivity contribution in [3.63, 3.8) is 0 Å². The van der Waals surface area contributed by atoms with E-state index in [0.717, 1.165) is 28.5 Å². The summed E-state index contributed by atoms with van der Waals surface area (Å²) in [6, 6.07) is 5.66. The molecule has 0 fully saturated rings. The summed E-state index contributed by atoms with van der Waals surface area (Å²) in [5.74, 6) is 1.37. The van der Waals surface area contributed by atoms with E-state index >= 15 is 0 Å². The van der Waals surface area contributed by atoms with Crippen LogP contribution in [0.4, 0.5) is 5.82 Å². The molecule has 3 aromatic heterocycles. The van der Waals surface area contributed by atoms with Crippen LogP contribution in [-0.4, -0.2) is 56.4 Å². The molecule has 3 aromatic rings. The number of nitrogens with zero attached hydrogens (tertiary/aromatic N) is 6. The summed E-state index contributed by atoms with van der Waals surface area (Å²) in [4.78, 5) is 37.6. The van der Waals surface area contributed by atoms with Crippen molar-refractivity contribution in [1.82, 2.24) is 29.8 Å². The summed E-state index contributed by atoms with van der Waals surface area (Å²) in [5, 5.41) is 0. The van der Waals surface area contributed by atoms with E-state index in [1.165, 1.54) is 0 Å². The molecule has 4 heterocycles. The van der Waals surface area contributed by atoms with E-state index in [0.29, 0.717) is 31.0 Å². The van der Waals surface area contributed by atoms with Gasteiger partial charge in [0.25, 0.3) is 5.91 Å². The zero-order valence-electron chi connectivity index (χ0n) is 15.6. The smallest absolute Gasteiger partial charge is 0.274 e. The minimum atomic E-state index is -0.0798. The number of pyridine rings is 1. The van der Waals surface area contributed by atoms with Crippen LogP contribution in [0.3, 0.4) is 0 Å². The van der Waals surface area contributed by atoms with Crippen LogP contribution in [0.5, 0.6) is 0 Å². The number of rotatable bonds is 3. The van der Waals surface area contributed by atoms with Crippen LogP contribution in [0.15, 0.2) is 30.7 Å². The van der Waals surface area contributed by atoms with Crippen molar-refractivity contribution in [3.05, 3.63) is 53.4 Å². The lowest BCUT2D eigenvalue weighted by Crippen LogP contribution is -2.38. The minimum Gasteiger partial charge on any atom is -0.362 e. The Hall–Kier alpha value is -3.29. The molecule has 0 atom stereocenters. The van der Waals surface area contributed by atoms with Gasteiger partial charge in [-0.3, -0.25) is 9.78 Å². The summed E-state index contributed by atoms with van der Waals surface area (Å²) >= 11 is 0. The number of fused-ring (bicyclic) bond motifs is 1. The van der Waals surface area contributed by atoms with Gasteiger partial charge in [0.15, 0.2) is 5.82 Å². The van der Waals surface area contributed by atoms with E-state index in [4.69, 9.17) is 9.97 Å². The molecule has 0 saturated heterocycles. The van der Waals surface area contributed by atoms with Crippen molar-refractivity contribution >= 4 is 11.7 Å². The Morgan fingerprint density at radius 3 is 2.74 bits per heavy atom. The van der Waals surface area contributed by atoms with Gasteiger partial charge < -0.3 is 14.8 Å². The molecular weight excluding hydrogens is 342 g/mol. The molecule has 0 saturated carbocycles. The van der Waals surface area contributed by atoms with E-state index < -0.39 is 0 Å². The highest BCUT2D eigenvalue weighted by molar-refractivity contribution is 5.93. The van der Waals surface area contributed by atoms with Gasteiger partial charge in [-0.1, -0.05) is 6.07 Å². The third-order valence-corrected chi connectivity index (χ3v) is 4.68. The van der Waals surface area contributed by atoms with Crippen molar-refractivity contribution in [2.45, 2.75) is 19.9 Å². The monoisotopic (exact) mass is 363 g/mol. The quantitative estimate of drug-likeness (QED) is 0.763. The van der Waals surface area contributed by atoms with Crippen LogP contribution in [0.2, 0.25) is 0 Å². The fraction of sp³-hybridized carbons (Fsp3) is 0.316. The second-order valence-electron chi connectivity index (χ2n) is 6.76. The SMILES string of the molecule is Cc1[nH]cnc1C(=O)N1CCc2c(nc(-c3ccccn3)nc2N(C)C)C1. The first-order valence-electron chi connectivity index (χ1n) is 8.82. The van der Waals surface area contributed by atoms with E-state index in [9.17, 15) is 4.79 Å². The molecular formula is C19H21N7O. The number of amides is 1. The predicted octanol–water partition coefficient (Wildman–Crippen LogP) is 1.83. The molecule has 0 radical (unpaired) electrons. The number of hydrogen-bond donors (Lipinski definition) is 1. The molecule has 0 spiro atoms. The van der Waals surface area contributed by atoms with Gasteiger partial charge in [0, 0.05) is 38.1 Å². The Morgan fingerprint density at radius 2 is 2.07 bits per heavy atom. The average Bonchev–Trinajstić information content (AvgIpc) is 3.12. The Morgan fingerprint density at radius 1 is 1.22 bits per heavy atom. The Bertz CT molecular complexity index is 981. The standard InChI is InChI=1S/C19H21N7O/c1-12-16(22-11-21-12)19(27)26-9-7-13-15(10-26)23-17(24-18(13)25(2)3)14-6-4-5-8-20-14/h4-6,8,11H,7,9-10H2,1-3H3,(H,21,22). The summed E-state index contributed by atoms with van der Waals surface area (Å²) in [6.45, 7) is 2.90. The number of aromatic nitrogens is 5. The van der Waals surface area contributed by atoms with Crippen molar-refractivity contribution in [2.24, 2.45) is 0 Å². The Kier molecular flexibility index (Phi) is 4.31. The predicted molar refractivity (Wildman–Crippen MR) is 101 cm³/mol. The van der Waals surface area contributed by atoms with Gasteiger partial charge in [-0.15, -0.1) is 0 Å². The number of aryl methyl sites for hydroxylation is 1. The highest BCUT2D eigenvalue weighted by Gasteiger charge is 2.28. The molecule has 27 heavy (non-hydrogen) atoms. The van der Waals surface area contributed by atoms with Crippen LogP contribution < -0.4 is 4.90 Å². The van der Waals surface area contributed by atoms with Crippen molar-refractivity contribution < 1.29 is 4.79 Å². The summed E-state index contributed by atoms with van der Waals surface area (Å²) in [7, 11) is 3.94. The average molecular weight is 363 g/mol. The van der Waals surface area contributed by atoms with E-state index in [2.05, 4.69) is 15.0 Å². The van der Waals surface area contributed by atoms with Gasteiger partial charge in [0.2, 0.25) is 0 Å². The molecule has 0 aromatic carbocycles. The van der Waals surface area contributed by atoms with E-state index in [1.54, 1.807) is 17.4 Å². The van der Waals surface area contributed by atoms with Crippen LogP contribution in [0.1, 0.15) is 27.4 Å². The van der Waals surface area contributed by atoms with Gasteiger partial charge in [-0.25, -0.2) is 15.0 Å². The highest BCUT2D eigenvalue weighted by atomic mass is 16.2. The maximum Gasteiger partial charge on any atom is 0.274 e. The molecule has 1 aliphatic rings. The molecule has 0 aliphatic carbocycles. The number of imidazole rings is 1. The molecule has 1 amide bonds. The lowest BCUT2D eigenvalue weighted by Gasteiger charge is -2.30. The highest BCUT2D eigenvalue weighted by Crippen LogP contribution is 2.28. The zero-order chi connectivity index (χ0) is 19.0. The lowest BCUT2D eigenvalue weighted by molar-refractivity contribution is 0.0725. The fourth-order valence-corrected chi connectivity index (χ4v) is 3.29. The van der Waals surface area contributed by atoms with Gasteiger partial charge >= 0.3 is 0 Å². The van der Waals surface area contributed by atoms with Crippen molar-refractivity contribution in [2.75, 3.05) is 25.5 Å². The largest absolute Gasteiger partial charge is 0.362 e. The molecule has 1 aliphatic heterocycles. The van der Waals surface area contributed by atoms with E-state index in [-0.39, 0.29) is 5.91 Å². The molecule has 0 bridgehead atoms. The lowest BCUT2D eigenvalue weighted by atomic mass is 10.0. The first-order valence-corrected chi connectivity index (χ1v) is 8.82. The summed E-state index contributed by atoms with van der Waals surface area (Å²) < 4.78 is 0. The Balaban J connectivity index is 1.72. The fourth-order valence-electron chi connectivity index (χ4n) is 3.29. The third kappa shape index (κ3) is 3.14. The number of carbonyl (C=O) groups is 1. The van der Waals surface area contributed by atoms with Gasteiger partial charge in [0.1, 0.15) is 17.2 Å². The number of hydrogen-bond acceptors (Lipinski definition) is 6. The maximum absolute atomic E-state index is 12.8. The maximum atomic E-state index is 12.8. The van der Waals surface area contributed by atoms with Crippen molar-refractivity contribution in [1.29, 1.82) is 0 Å². The van der Waals surface area contributed by atoms with Gasteiger partial charge in [-0.2, -0.15) is 0 Å². The molecule has 8 nitrogen and oxygen atoms in total. The molecule has 4 rings (SSSR count). The second-order valence-corrected chi connectivity index (χ2v) is 6.76. The van der Waals surface area contributed by atoms with E-state index in [1.807, 2.05) is 44.1 Å². The first-order chi connectivity index (χ1) is 13.0. The zero-order valence-corrected chi connectivity index (χ0v) is 15.6. The first kappa shape index (κ1) is 17.1. The summed E-state index contributed by atoms with van der Waals surface area (Å²) in [5.41, 5.74) is 3.90. The van der Waals surface area contributed by atoms with Crippen LogP contribution in [-0.2, 0) is 13.0 Å². The Labute approximate surface area is 157 Å². The number of H-pyrrole nitrogens is 1. The van der Waals surface area contributed by atoms with Crippen molar-refractivity contribution in [3.8, 4) is 11.5 Å². The topological polar surface area (TPSA) is 90.9 Å². The van der Waals surface area contributed by atoms with Crippen LogP contribution in [0, 0.1) is 6.92 Å². The van der Waals surface area contributed by atoms with Gasteiger partial charge in [-0.05, 0) is 25.5 Å². The van der Waals surface area contributed by atoms with Crippen LogP contribution in [0.25, 0.3) is 11.5 Å². The molecule has 0 unspecified atom stereocenters.